The van der Waals surface area contributed by atoms with Gasteiger partial charge < -0.3 is 5.32 Å². The summed E-state index contributed by atoms with van der Waals surface area (Å²) in [7, 11) is -3.62. The standard InChI is InChI=1S/C20H22N2O3S/c23-20(21-19-13-14-6-7-16(19)12-14)15-8-10-17(11-9-15)22-26(24,25)18-4-2-1-3-5-18/h1-5,8-11,14,16,19,22H,6-7,12-13H2,(H,21,23)/t14-,16-,19-/m0/s1. The summed E-state index contributed by atoms with van der Waals surface area (Å²) >= 11 is 0. The molecule has 0 heterocycles. The van der Waals surface area contributed by atoms with E-state index in [1.165, 1.54) is 19.3 Å². The number of carbonyl (C=O) groups excluding carboxylic acids is 1. The third kappa shape index (κ3) is 3.46. The van der Waals surface area contributed by atoms with Gasteiger partial charge in [0.25, 0.3) is 15.9 Å². The number of rotatable bonds is 5. The molecule has 1 amide bonds. The van der Waals surface area contributed by atoms with E-state index in [9.17, 15) is 13.2 Å². The lowest BCUT2D eigenvalue weighted by Gasteiger charge is -2.22. The fourth-order valence-corrected chi connectivity index (χ4v) is 5.26. The average Bonchev–Trinajstić information content (AvgIpc) is 3.26. The molecular weight excluding hydrogens is 348 g/mol. The number of hydrogen-bond acceptors (Lipinski definition) is 3. The highest BCUT2D eigenvalue weighted by Crippen LogP contribution is 2.44. The van der Waals surface area contributed by atoms with E-state index in [-0.39, 0.29) is 16.8 Å². The van der Waals surface area contributed by atoms with Gasteiger partial charge in [-0.1, -0.05) is 24.6 Å². The van der Waals surface area contributed by atoms with Crippen molar-refractivity contribution >= 4 is 21.6 Å². The molecule has 4 rings (SSSR count). The Hall–Kier alpha value is -2.34. The number of amides is 1. The third-order valence-corrected chi connectivity index (χ3v) is 6.90. The van der Waals surface area contributed by atoms with Crippen LogP contribution >= 0.6 is 0 Å². The van der Waals surface area contributed by atoms with Crippen LogP contribution in [0.2, 0.25) is 0 Å². The quantitative estimate of drug-likeness (QED) is 0.847. The molecule has 26 heavy (non-hydrogen) atoms. The maximum Gasteiger partial charge on any atom is 0.261 e. The molecule has 0 spiro atoms. The van der Waals surface area contributed by atoms with Gasteiger partial charge >= 0.3 is 0 Å². The topological polar surface area (TPSA) is 75.3 Å². The molecule has 2 aromatic rings. The van der Waals surface area contributed by atoms with Crippen molar-refractivity contribution in [2.45, 2.75) is 36.6 Å². The number of carbonyl (C=O) groups is 1. The summed E-state index contributed by atoms with van der Waals surface area (Å²) in [6, 6.07) is 15.1. The average molecular weight is 370 g/mol. The summed E-state index contributed by atoms with van der Waals surface area (Å²) in [6.07, 6.45) is 4.85. The molecule has 0 radical (unpaired) electrons. The fourth-order valence-electron chi connectivity index (χ4n) is 4.18. The normalized spacial score (nSPS) is 24.4. The fraction of sp³-hybridized carbons (Fsp3) is 0.350. The number of benzene rings is 2. The van der Waals surface area contributed by atoms with Crippen LogP contribution in [0.3, 0.4) is 0 Å². The highest BCUT2D eigenvalue weighted by Gasteiger charge is 2.40. The minimum Gasteiger partial charge on any atom is -0.349 e. The van der Waals surface area contributed by atoms with Crippen LogP contribution < -0.4 is 10.0 Å². The van der Waals surface area contributed by atoms with Gasteiger partial charge in [-0.15, -0.1) is 0 Å². The monoisotopic (exact) mass is 370 g/mol. The van der Waals surface area contributed by atoms with Gasteiger partial charge in [-0.2, -0.15) is 0 Å². The van der Waals surface area contributed by atoms with Crippen LogP contribution in [0.25, 0.3) is 0 Å². The Kier molecular flexibility index (Phi) is 4.44. The molecule has 2 saturated carbocycles. The zero-order chi connectivity index (χ0) is 18.1. The van der Waals surface area contributed by atoms with Gasteiger partial charge in [0.1, 0.15) is 0 Å². The van der Waals surface area contributed by atoms with Gasteiger partial charge in [-0.25, -0.2) is 8.42 Å². The van der Waals surface area contributed by atoms with Crippen molar-refractivity contribution in [1.29, 1.82) is 0 Å². The first-order chi connectivity index (χ1) is 12.5. The Bertz CT molecular complexity index is 894. The van der Waals surface area contributed by atoms with Crippen molar-refractivity contribution in [3.05, 3.63) is 60.2 Å². The van der Waals surface area contributed by atoms with Crippen molar-refractivity contribution in [1.82, 2.24) is 5.32 Å². The first kappa shape index (κ1) is 17.1. The van der Waals surface area contributed by atoms with Gasteiger partial charge in [0.05, 0.1) is 4.90 Å². The molecule has 6 heteroatoms. The van der Waals surface area contributed by atoms with Crippen molar-refractivity contribution in [2.24, 2.45) is 11.8 Å². The lowest BCUT2D eigenvalue weighted by Crippen LogP contribution is -2.38. The van der Waals surface area contributed by atoms with Crippen LogP contribution in [0.15, 0.2) is 59.5 Å². The summed E-state index contributed by atoms with van der Waals surface area (Å²) in [6.45, 7) is 0. The maximum absolute atomic E-state index is 12.4. The molecule has 2 aliphatic carbocycles. The van der Waals surface area contributed by atoms with Crippen LogP contribution in [0.5, 0.6) is 0 Å². The molecule has 5 nitrogen and oxygen atoms in total. The van der Waals surface area contributed by atoms with E-state index in [0.717, 1.165) is 12.3 Å². The molecule has 0 unspecified atom stereocenters. The Labute approximate surface area is 153 Å². The highest BCUT2D eigenvalue weighted by atomic mass is 32.2. The zero-order valence-electron chi connectivity index (χ0n) is 14.4. The third-order valence-electron chi connectivity index (χ3n) is 5.51. The molecule has 2 fully saturated rings. The first-order valence-electron chi connectivity index (χ1n) is 9.00. The minimum atomic E-state index is -3.62. The first-order valence-corrected chi connectivity index (χ1v) is 10.5. The van der Waals surface area contributed by atoms with E-state index in [2.05, 4.69) is 10.0 Å². The van der Waals surface area contributed by atoms with E-state index in [1.54, 1.807) is 54.6 Å². The van der Waals surface area contributed by atoms with Gasteiger partial charge in [0, 0.05) is 17.3 Å². The SMILES string of the molecule is O=C(N[C@H]1C[C@H]2CC[C@H]1C2)c1ccc(NS(=O)(=O)c2ccccc2)cc1. The van der Waals surface area contributed by atoms with Crippen LogP contribution in [0.1, 0.15) is 36.0 Å². The van der Waals surface area contributed by atoms with Crippen LogP contribution in [0.4, 0.5) is 5.69 Å². The summed E-state index contributed by atoms with van der Waals surface area (Å²) in [4.78, 5) is 12.7. The van der Waals surface area contributed by atoms with E-state index in [0.29, 0.717) is 17.2 Å². The lowest BCUT2D eigenvalue weighted by molar-refractivity contribution is 0.0923. The molecule has 2 aromatic carbocycles. The van der Waals surface area contributed by atoms with E-state index in [4.69, 9.17) is 0 Å². The predicted molar refractivity (Wildman–Crippen MR) is 100 cm³/mol. The minimum absolute atomic E-state index is 0.0833. The van der Waals surface area contributed by atoms with Gasteiger partial charge in [-0.3, -0.25) is 9.52 Å². The van der Waals surface area contributed by atoms with Crippen LogP contribution in [0, 0.1) is 11.8 Å². The summed E-state index contributed by atoms with van der Waals surface area (Å²) in [5.74, 6) is 1.32. The molecule has 0 saturated heterocycles. The molecule has 0 aliphatic heterocycles. The van der Waals surface area contributed by atoms with Crippen LogP contribution in [-0.4, -0.2) is 20.4 Å². The van der Waals surface area contributed by atoms with Crippen molar-refractivity contribution in [3.63, 3.8) is 0 Å². The number of anilines is 1. The molecular formula is C20H22N2O3S. The Balaban J connectivity index is 1.41. The van der Waals surface area contributed by atoms with E-state index in [1.807, 2.05) is 0 Å². The van der Waals surface area contributed by atoms with Gasteiger partial charge in [-0.05, 0) is 67.5 Å². The molecule has 2 aliphatic rings. The van der Waals surface area contributed by atoms with E-state index < -0.39 is 10.0 Å². The Morgan fingerprint density at radius 1 is 0.923 bits per heavy atom. The number of sulfonamides is 1. The molecule has 2 bridgehead atoms. The zero-order valence-corrected chi connectivity index (χ0v) is 15.2. The van der Waals surface area contributed by atoms with Crippen molar-refractivity contribution in [3.8, 4) is 0 Å². The Morgan fingerprint density at radius 2 is 1.65 bits per heavy atom. The summed E-state index contributed by atoms with van der Waals surface area (Å²) in [5.41, 5.74) is 0.987. The largest absolute Gasteiger partial charge is 0.349 e. The van der Waals surface area contributed by atoms with Crippen molar-refractivity contribution < 1.29 is 13.2 Å². The maximum atomic E-state index is 12.4. The smallest absolute Gasteiger partial charge is 0.261 e. The summed E-state index contributed by atoms with van der Waals surface area (Å²) < 4.78 is 27.2. The molecule has 2 N–H and O–H groups in total. The van der Waals surface area contributed by atoms with Gasteiger partial charge in [0.2, 0.25) is 0 Å². The number of fused-ring (bicyclic) bond motifs is 2. The molecule has 136 valence electrons. The predicted octanol–water partition coefficient (Wildman–Crippen LogP) is 3.41. The second kappa shape index (κ2) is 6.76. The second-order valence-corrected chi connectivity index (χ2v) is 8.93. The molecule has 0 aromatic heterocycles. The highest BCUT2D eigenvalue weighted by molar-refractivity contribution is 7.92. The second-order valence-electron chi connectivity index (χ2n) is 7.25. The van der Waals surface area contributed by atoms with Crippen molar-refractivity contribution in [2.75, 3.05) is 4.72 Å². The summed E-state index contributed by atoms with van der Waals surface area (Å²) in [5, 5.41) is 3.14. The number of hydrogen-bond donors (Lipinski definition) is 2. The van der Waals surface area contributed by atoms with Gasteiger partial charge in [0.15, 0.2) is 0 Å². The molecule has 3 atom stereocenters. The Morgan fingerprint density at radius 3 is 2.27 bits per heavy atom. The van der Waals surface area contributed by atoms with Crippen LogP contribution in [-0.2, 0) is 10.0 Å². The van der Waals surface area contributed by atoms with E-state index >= 15 is 0 Å². The number of nitrogens with one attached hydrogen (secondary N) is 2. The lowest BCUT2D eigenvalue weighted by atomic mass is 9.95.